The fourth-order valence-electron chi connectivity index (χ4n) is 2.78. The van der Waals surface area contributed by atoms with Crippen molar-refractivity contribution < 1.29 is 0 Å². The Morgan fingerprint density at radius 2 is 1.95 bits per heavy atom. The third kappa shape index (κ3) is 2.88. The highest BCUT2D eigenvalue weighted by Crippen LogP contribution is 2.21. The molecule has 4 heteroatoms. The number of aromatic nitrogens is 3. The van der Waals surface area contributed by atoms with Crippen LogP contribution in [0, 0.1) is 6.92 Å². The fourth-order valence-corrected chi connectivity index (χ4v) is 2.78. The molecule has 3 rings (SSSR count). The monoisotopic (exact) mass is 294 g/mol. The van der Waals surface area contributed by atoms with Gasteiger partial charge in [-0.25, -0.2) is 9.97 Å². The van der Waals surface area contributed by atoms with Crippen molar-refractivity contribution in [3.63, 3.8) is 0 Å². The number of nitrogens with two attached hydrogens (primary N) is 1. The Kier molecular flexibility index (Phi) is 4.20. The van der Waals surface area contributed by atoms with E-state index in [1.807, 2.05) is 19.2 Å². The molecule has 1 aromatic carbocycles. The Labute approximate surface area is 131 Å². The summed E-state index contributed by atoms with van der Waals surface area (Å²) in [5.74, 6) is 1.06. The van der Waals surface area contributed by atoms with Gasteiger partial charge in [-0.05, 0) is 37.5 Å². The quantitative estimate of drug-likeness (QED) is 0.787. The molecule has 2 aromatic heterocycles. The van der Waals surface area contributed by atoms with Crippen LogP contribution in [0.3, 0.4) is 0 Å². The minimum Gasteiger partial charge on any atom is -0.328 e. The van der Waals surface area contributed by atoms with Crippen LogP contribution in [0.2, 0.25) is 0 Å². The second kappa shape index (κ2) is 6.28. The van der Waals surface area contributed by atoms with Gasteiger partial charge in [-0.15, -0.1) is 0 Å². The zero-order valence-corrected chi connectivity index (χ0v) is 13.2. The van der Waals surface area contributed by atoms with Crippen molar-refractivity contribution in [2.45, 2.75) is 32.7 Å². The minimum atomic E-state index is 0.200. The van der Waals surface area contributed by atoms with Crippen LogP contribution in [0.4, 0.5) is 0 Å². The molecule has 0 aliphatic heterocycles. The Bertz CT molecular complexity index is 761. The summed E-state index contributed by atoms with van der Waals surface area (Å²) in [5, 5.41) is 0. The van der Waals surface area contributed by atoms with Gasteiger partial charge in [0.1, 0.15) is 11.3 Å². The molecular weight excluding hydrogens is 272 g/mol. The van der Waals surface area contributed by atoms with Crippen molar-refractivity contribution >= 4 is 11.2 Å². The van der Waals surface area contributed by atoms with Crippen molar-refractivity contribution in [1.29, 1.82) is 0 Å². The summed E-state index contributed by atoms with van der Waals surface area (Å²) in [4.78, 5) is 9.37. The van der Waals surface area contributed by atoms with E-state index in [0.29, 0.717) is 6.54 Å². The average Bonchev–Trinajstić information content (AvgIpc) is 2.90. The summed E-state index contributed by atoms with van der Waals surface area (Å²) in [6, 6.07) is 12.8. The van der Waals surface area contributed by atoms with Gasteiger partial charge in [0.2, 0.25) is 0 Å². The Balaban J connectivity index is 1.96. The number of pyridine rings is 1. The van der Waals surface area contributed by atoms with Crippen molar-refractivity contribution in [3.05, 3.63) is 59.5 Å². The smallest absolute Gasteiger partial charge is 0.160 e. The first-order valence-electron chi connectivity index (χ1n) is 7.76. The molecule has 0 fully saturated rings. The molecule has 2 heterocycles. The van der Waals surface area contributed by atoms with Gasteiger partial charge in [-0.2, -0.15) is 0 Å². The number of nitrogens with zero attached hydrogens (tertiary/aromatic N) is 3. The molecule has 0 spiro atoms. The molecule has 0 saturated carbocycles. The molecular formula is C18H22N4. The summed E-state index contributed by atoms with van der Waals surface area (Å²) in [7, 11) is 0. The third-order valence-corrected chi connectivity index (χ3v) is 4.00. The van der Waals surface area contributed by atoms with Gasteiger partial charge < -0.3 is 10.3 Å². The number of hydrogen-bond acceptors (Lipinski definition) is 3. The summed E-state index contributed by atoms with van der Waals surface area (Å²) >= 11 is 0. The second-order valence-electron chi connectivity index (χ2n) is 5.82. The maximum atomic E-state index is 5.88. The predicted octanol–water partition coefficient (Wildman–Crippen LogP) is 3.04. The highest BCUT2D eigenvalue weighted by atomic mass is 15.2. The van der Waals surface area contributed by atoms with Crippen LogP contribution in [0.15, 0.2) is 42.6 Å². The largest absolute Gasteiger partial charge is 0.328 e. The second-order valence-corrected chi connectivity index (χ2v) is 5.82. The van der Waals surface area contributed by atoms with E-state index in [-0.39, 0.29) is 6.04 Å². The van der Waals surface area contributed by atoms with Gasteiger partial charge in [-0.3, -0.25) is 0 Å². The Morgan fingerprint density at radius 1 is 1.18 bits per heavy atom. The van der Waals surface area contributed by atoms with E-state index in [1.165, 1.54) is 5.56 Å². The van der Waals surface area contributed by atoms with E-state index in [9.17, 15) is 0 Å². The van der Waals surface area contributed by atoms with Crippen LogP contribution in [0.1, 0.15) is 29.9 Å². The molecule has 0 amide bonds. The summed E-state index contributed by atoms with van der Waals surface area (Å²) in [6.07, 6.45) is 3.76. The average molecular weight is 294 g/mol. The number of rotatable bonds is 5. The topological polar surface area (TPSA) is 56.7 Å². The van der Waals surface area contributed by atoms with Gasteiger partial charge in [0.25, 0.3) is 0 Å². The first-order valence-corrected chi connectivity index (χ1v) is 7.76. The molecule has 114 valence electrons. The van der Waals surface area contributed by atoms with Crippen LogP contribution < -0.4 is 5.73 Å². The lowest BCUT2D eigenvalue weighted by Crippen LogP contribution is -2.19. The summed E-state index contributed by atoms with van der Waals surface area (Å²) < 4.78 is 2.19. The van der Waals surface area contributed by atoms with Crippen LogP contribution in [0.5, 0.6) is 0 Å². The molecule has 2 N–H and O–H groups in total. The minimum absolute atomic E-state index is 0.200. The van der Waals surface area contributed by atoms with Crippen LogP contribution in [-0.2, 0) is 12.8 Å². The van der Waals surface area contributed by atoms with Gasteiger partial charge in [0, 0.05) is 25.2 Å². The summed E-state index contributed by atoms with van der Waals surface area (Å²) in [6.45, 7) is 4.75. The highest BCUT2D eigenvalue weighted by Gasteiger charge is 2.16. The molecule has 3 aromatic rings. The number of imidazole rings is 1. The van der Waals surface area contributed by atoms with Crippen LogP contribution in [-0.4, -0.2) is 21.1 Å². The van der Waals surface area contributed by atoms with Crippen molar-refractivity contribution in [2.75, 3.05) is 6.54 Å². The van der Waals surface area contributed by atoms with E-state index in [0.717, 1.165) is 35.4 Å². The SMILES string of the molecule is Cc1cnc2c(c1)nc(CCc1ccccc1)n2C(C)CN. The van der Waals surface area contributed by atoms with Gasteiger partial charge in [0.15, 0.2) is 5.65 Å². The van der Waals surface area contributed by atoms with Gasteiger partial charge in [0.05, 0.1) is 0 Å². The maximum Gasteiger partial charge on any atom is 0.160 e. The Hall–Kier alpha value is -2.20. The van der Waals surface area contributed by atoms with Crippen molar-refractivity contribution in [1.82, 2.24) is 14.5 Å². The number of hydrogen-bond donors (Lipinski definition) is 1. The zero-order valence-electron chi connectivity index (χ0n) is 13.2. The number of benzene rings is 1. The lowest BCUT2D eigenvalue weighted by Gasteiger charge is -2.15. The van der Waals surface area contributed by atoms with E-state index in [2.05, 4.69) is 46.8 Å². The van der Waals surface area contributed by atoms with E-state index in [4.69, 9.17) is 10.7 Å². The Morgan fingerprint density at radius 3 is 2.68 bits per heavy atom. The fraction of sp³-hybridized carbons (Fsp3) is 0.333. The molecule has 22 heavy (non-hydrogen) atoms. The molecule has 0 radical (unpaired) electrons. The highest BCUT2D eigenvalue weighted by molar-refractivity contribution is 5.72. The number of aryl methyl sites for hydroxylation is 3. The van der Waals surface area contributed by atoms with E-state index >= 15 is 0 Å². The molecule has 4 nitrogen and oxygen atoms in total. The standard InChI is InChI=1S/C18H22N4/c1-13-10-16-18(20-12-13)22(14(2)11-19)17(21-16)9-8-15-6-4-3-5-7-15/h3-7,10,12,14H,8-9,11,19H2,1-2H3. The summed E-state index contributed by atoms with van der Waals surface area (Å²) in [5.41, 5.74) is 10.2. The normalized spacial score (nSPS) is 12.7. The molecule has 1 unspecified atom stereocenters. The van der Waals surface area contributed by atoms with E-state index in [1.54, 1.807) is 0 Å². The van der Waals surface area contributed by atoms with Crippen LogP contribution >= 0.6 is 0 Å². The molecule has 0 aliphatic rings. The molecule has 0 aliphatic carbocycles. The molecule has 1 atom stereocenters. The third-order valence-electron chi connectivity index (χ3n) is 4.00. The predicted molar refractivity (Wildman–Crippen MR) is 89.9 cm³/mol. The van der Waals surface area contributed by atoms with Crippen LogP contribution in [0.25, 0.3) is 11.2 Å². The van der Waals surface area contributed by atoms with Crippen molar-refractivity contribution in [2.24, 2.45) is 5.73 Å². The first-order chi connectivity index (χ1) is 10.7. The maximum absolute atomic E-state index is 5.88. The number of fused-ring (bicyclic) bond motifs is 1. The lowest BCUT2D eigenvalue weighted by atomic mass is 10.1. The molecule has 0 saturated heterocycles. The van der Waals surface area contributed by atoms with Gasteiger partial charge >= 0.3 is 0 Å². The van der Waals surface area contributed by atoms with Crippen molar-refractivity contribution in [3.8, 4) is 0 Å². The molecule has 0 bridgehead atoms. The van der Waals surface area contributed by atoms with Gasteiger partial charge in [-0.1, -0.05) is 30.3 Å². The van der Waals surface area contributed by atoms with E-state index < -0.39 is 0 Å². The zero-order chi connectivity index (χ0) is 15.5. The lowest BCUT2D eigenvalue weighted by molar-refractivity contribution is 0.542. The first kappa shape index (κ1) is 14.7.